The van der Waals surface area contributed by atoms with Crippen molar-refractivity contribution in [2.45, 2.75) is 37.8 Å². The third-order valence-corrected chi connectivity index (χ3v) is 6.56. The maximum atomic E-state index is 12.8. The molecule has 0 aromatic carbocycles. The second-order valence-electron chi connectivity index (χ2n) is 7.89. The molecular weight excluding hydrogens is 320 g/mol. The summed E-state index contributed by atoms with van der Waals surface area (Å²) >= 11 is 0. The number of primary amides is 1. The van der Waals surface area contributed by atoms with Crippen LogP contribution in [-0.2, 0) is 14.4 Å². The summed E-state index contributed by atoms with van der Waals surface area (Å²) in [4.78, 5) is 36.4. The first kappa shape index (κ1) is 16.6. The zero-order valence-electron chi connectivity index (χ0n) is 14.2. The molecule has 3 aliphatic carbocycles. The van der Waals surface area contributed by atoms with Gasteiger partial charge in [-0.15, -0.1) is 0 Å². The van der Waals surface area contributed by atoms with Gasteiger partial charge in [0, 0.05) is 12.5 Å². The smallest absolute Gasteiger partial charge is 0.240 e. The van der Waals surface area contributed by atoms with Crippen molar-refractivity contribution in [2.75, 3.05) is 13.1 Å². The maximum absolute atomic E-state index is 12.8. The molecule has 5 rings (SSSR count). The number of nitrogens with one attached hydrogen (secondary N) is 3. The Kier molecular flexibility index (Phi) is 4.27. The van der Waals surface area contributed by atoms with Crippen molar-refractivity contribution < 1.29 is 14.4 Å². The van der Waals surface area contributed by atoms with Crippen molar-refractivity contribution in [2.24, 2.45) is 35.3 Å². The van der Waals surface area contributed by atoms with Gasteiger partial charge in [-0.3, -0.25) is 14.4 Å². The molecule has 3 amide bonds. The fourth-order valence-corrected chi connectivity index (χ4v) is 5.25. The Balaban J connectivity index is 1.42. The predicted molar refractivity (Wildman–Crippen MR) is 91.0 cm³/mol. The second kappa shape index (κ2) is 6.44. The summed E-state index contributed by atoms with van der Waals surface area (Å²) in [5, 5.41) is 8.93. The topological polar surface area (TPSA) is 113 Å². The van der Waals surface area contributed by atoms with Crippen LogP contribution >= 0.6 is 0 Å². The lowest BCUT2D eigenvalue weighted by Gasteiger charge is -2.42. The first-order chi connectivity index (χ1) is 12.0. The molecule has 1 saturated carbocycles. The number of hydrogen-bond donors (Lipinski definition) is 4. The van der Waals surface area contributed by atoms with E-state index in [1.54, 1.807) is 0 Å². The van der Waals surface area contributed by atoms with Crippen molar-refractivity contribution in [3.63, 3.8) is 0 Å². The molecule has 5 aliphatic rings. The number of carbonyl (C=O) groups excluding carboxylic acids is 3. The highest BCUT2D eigenvalue weighted by atomic mass is 16.2. The molecule has 2 aliphatic heterocycles. The van der Waals surface area contributed by atoms with Crippen molar-refractivity contribution in [3.8, 4) is 0 Å². The minimum absolute atomic E-state index is 0.0609. The molecule has 0 unspecified atom stereocenters. The third-order valence-electron chi connectivity index (χ3n) is 6.56. The first-order valence-electron chi connectivity index (χ1n) is 9.33. The van der Waals surface area contributed by atoms with Crippen LogP contribution in [0.3, 0.4) is 0 Å². The SMILES string of the molecule is NC(=O)[C@H](C[C@@H]1CCNC1=O)NC(=O)[C@@H]1NC[C@@H]2[C@H]1[C@@H]1C=C[C@H]2CC1. The Hall–Kier alpha value is -1.89. The van der Waals surface area contributed by atoms with Crippen LogP contribution in [0.1, 0.15) is 25.7 Å². The lowest BCUT2D eigenvalue weighted by Crippen LogP contribution is -2.54. The molecule has 0 aromatic heterocycles. The Bertz CT molecular complexity index is 619. The van der Waals surface area contributed by atoms with Gasteiger partial charge in [-0.1, -0.05) is 12.2 Å². The molecule has 2 heterocycles. The molecule has 25 heavy (non-hydrogen) atoms. The summed E-state index contributed by atoms with van der Waals surface area (Å²) in [7, 11) is 0. The van der Waals surface area contributed by atoms with Gasteiger partial charge in [0.05, 0.1) is 6.04 Å². The fraction of sp³-hybridized carbons (Fsp3) is 0.722. The zero-order valence-corrected chi connectivity index (χ0v) is 14.2. The standard InChI is InChI=1S/C18H26N4O3/c19-16(23)13(7-11-5-6-20-17(11)24)22-18(25)15-14-10-3-1-9(2-4-10)12(14)8-21-15/h1,3,9-15,21H,2,4-8H2,(H2,19,23)(H,20,24)(H,22,25)/t9-,10+,11-,12-,13-,14+,15+/m0/s1. The molecule has 7 heteroatoms. The van der Waals surface area contributed by atoms with Crippen molar-refractivity contribution >= 4 is 17.7 Å². The van der Waals surface area contributed by atoms with E-state index in [9.17, 15) is 14.4 Å². The first-order valence-corrected chi connectivity index (χ1v) is 9.33. The third kappa shape index (κ3) is 2.94. The number of rotatable bonds is 5. The molecule has 7 atom stereocenters. The number of carbonyl (C=O) groups is 3. The van der Waals surface area contributed by atoms with E-state index in [0.29, 0.717) is 36.6 Å². The van der Waals surface area contributed by atoms with Crippen LogP contribution in [0.25, 0.3) is 0 Å². The van der Waals surface area contributed by atoms with Crippen LogP contribution in [0.2, 0.25) is 0 Å². The summed E-state index contributed by atoms with van der Waals surface area (Å²) in [5.74, 6) is 0.760. The van der Waals surface area contributed by atoms with Gasteiger partial charge < -0.3 is 21.7 Å². The molecule has 0 radical (unpaired) electrons. The molecule has 2 bridgehead atoms. The summed E-state index contributed by atoms with van der Waals surface area (Å²) in [6, 6.07) is -1.07. The van der Waals surface area contributed by atoms with Gasteiger partial charge in [0.2, 0.25) is 17.7 Å². The molecule has 0 spiro atoms. The number of nitrogens with two attached hydrogens (primary N) is 1. The van der Waals surface area contributed by atoms with E-state index in [2.05, 4.69) is 28.1 Å². The lowest BCUT2D eigenvalue weighted by molar-refractivity contribution is -0.131. The van der Waals surface area contributed by atoms with Crippen LogP contribution in [0, 0.1) is 29.6 Å². The highest BCUT2D eigenvalue weighted by molar-refractivity contribution is 5.90. The monoisotopic (exact) mass is 346 g/mol. The van der Waals surface area contributed by atoms with E-state index >= 15 is 0 Å². The number of fused-ring (bicyclic) bond motifs is 1. The van der Waals surface area contributed by atoms with E-state index in [4.69, 9.17) is 5.73 Å². The highest BCUT2D eigenvalue weighted by Gasteiger charge is 2.50. The number of hydrogen-bond acceptors (Lipinski definition) is 4. The van der Waals surface area contributed by atoms with E-state index in [-0.39, 0.29) is 30.2 Å². The number of allylic oxidation sites excluding steroid dienone is 2. The van der Waals surface area contributed by atoms with Crippen molar-refractivity contribution in [1.82, 2.24) is 16.0 Å². The van der Waals surface area contributed by atoms with Gasteiger partial charge in [0.25, 0.3) is 0 Å². The summed E-state index contributed by atoms with van der Waals surface area (Å²) in [6.07, 6.45) is 7.87. The molecule has 5 N–H and O–H groups in total. The Morgan fingerprint density at radius 3 is 2.64 bits per heavy atom. The van der Waals surface area contributed by atoms with E-state index < -0.39 is 11.9 Å². The van der Waals surface area contributed by atoms with E-state index in [1.165, 1.54) is 6.42 Å². The van der Waals surface area contributed by atoms with Gasteiger partial charge >= 0.3 is 0 Å². The Labute approximate surface area is 147 Å². The van der Waals surface area contributed by atoms with Gasteiger partial charge in [0.15, 0.2) is 0 Å². The maximum Gasteiger partial charge on any atom is 0.240 e. The summed E-state index contributed by atoms with van der Waals surface area (Å²) in [5.41, 5.74) is 5.48. The van der Waals surface area contributed by atoms with Crippen LogP contribution in [-0.4, -0.2) is 42.9 Å². The summed E-state index contributed by atoms with van der Waals surface area (Å²) < 4.78 is 0. The predicted octanol–water partition coefficient (Wildman–Crippen LogP) is -0.717. The van der Waals surface area contributed by atoms with Gasteiger partial charge in [-0.25, -0.2) is 0 Å². The average molecular weight is 346 g/mol. The average Bonchev–Trinajstić information content (AvgIpc) is 3.23. The Morgan fingerprint density at radius 1 is 1.24 bits per heavy atom. The minimum atomic E-state index is -0.793. The second-order valence-corrected chi connectivity index (χ2v) is 7.89. The molecule has 136 valence electrons. The van der Waals surface area contributed by atoms with Crippen LogP contribution in [0.4, 0.5) is 0 Å². The van der Waals surface area contributed by atoms with Gasteiger partial charge in [0.1, 0.15) is 6.04 Å². The van der Waals surface area contributed by atoms with Crippen molar-refractivity contribution in [1.29, 1.82) is 0 Å². The molecule has 7 nitrogen and oxygen atoms in total. The van der Waals surface area contributed by atoms with Gasteiger partial charge in [-0.2, -0.15) is 0 Å². The molecule has 3 fully saturated rings. The zero-order chi connectivity index (χ0) is 17.6. The fourth-order valence-electron chi connectivity index (χ4n) is 5.25. The highest BCUT2D eigenvalue weighted by Crippen LogP contribution is 2.48. The van der Waals surface area contributed by atoms with Gasteiger partial charge in [-0.05, 0) is 55.9 Å². The molecule has 2 saturated heterocycles. The number of amides is 3. The van der Waals surface area contributed by atoms with E-state index in [0.717, 1.165) is 13.0 Å². The molecular formula is C18H26N4O3. The quantitative estimate of drug-likeness (QED) is 0.492. The van der Waals surface area contributed by atoms with Crippen LogP contribution in [0.15, 0.2) is 12.2 Å². The largest absolute Gasteiger partial charge is 0.368 e. The minimum Gasteiger partial charge on any atom is -0.368 e. The van der Waals surface area contributed by atoms with Crippen molar-refractivity contribution in [3.05, 3.63) is 12.2 Å². The van der Waals surface area contributed by atoms with E-state index in [1.807, 2.05) is 0 Å². The van der Waals surface area contributed by atoms with Crippen LogP contribution < -0.4 is 21.7 Å². The molecule has 0 aromatic rings. The lowest BCUT2D eigenvalue weighted by atomic mass is 9.62. The normalized spacial score (nSPS) is 39.8. The van der Waals surface area contributed by atoms with Crippen LogP contribution in [0.5, 0.6) is 0 Å². The Morgan fingerprint density at radius 2 is 2.00 bits per heavy atom. The summed E-state index contributed by atoms with van der Waals surface area (Å²) in [6.45, 7) is 1.47.